The highest BCUT2D eigenvalue weighted by molar-refractivity contribution is 6.22. The molecule has 1 unspecified atom stereocenters. The quantitative estimate of drug-likeness (QED) is 0.558. The highest BCUT2D eigenvalue weighted by atomic mass is 16.2. The van der Waals surface area contributed by atoms with Crippen LogP contribution in [0.5, 0.6) is 0 Å². The molecule has 6 nitrogen and oxygen atoms in total. The van der Waals surface area contributed by atoms with E-state index in [9.17, 15) is 14.4 Å². The molecule has 2 N–H and O–H groups in total. The lowest BCUT2D eigenvalue weighted by molar-refractivity contribution is 0.0549. The fraction of sp³-hybridized carbons (Fsp3) is 0.464. The number of rotatable bonds is 5. The molecule has 178 valence electrons. The molecule has 2 aliphatic carbocycles. The van der Waals surface area contributed by atoms with E-state index in [1.54, 1.807) is 18.2 Å². The van der Waals surface area contributed by atoms with Gasteiger partial charge in [-0.15, -0.1) is 0 Å². The van der Waals surface area contributed by atoms with Gasteiger partial charge in [0.1, 0.15) is 0 Å². The minimum atomic E-state index is -0.314. The zero-order valence-corrected chi connectivity index (χ0v) is 19.9. The molecule has 0 aromatic heterocycles. The van der Waals surface area contributed by atoms with Crippen molar-refractivity contribution < 1.29 is 14.4 Å². The lowest BCUT2D eigenvalue weighted by atomic mass is 9.89. The number of carbonyl (C=O) groups is 3. The zero-order chi connectivity index (χ0) is 23.7. The first-order valence-electron chi connectivity index (χ1n) is 12.8. The Hall–Kier alpha value is -3.15. The highest BCUT2D eigenvalue weighted by Crippen LogP contribution is 2.32. The van der Waals surface area contributed by atoms with Gasteiger partial charge >= 0.3 is 6.03 Å². The third kappa shape index (κ3) is 4.33. The first-order chi connectivity index (χ1) is 16.5. The van der Waals surface area contributed by atoms with Crippen molar-refractivity contribution in [2.45, 2.75) is 83.2 Å². The van der Waals surface area contributed by atoms with Crippen LogP contribution in [0.25, 0.3) is 0 Å². The SMILES string of the molecule is CCC(NC(=O)Nc1ccc2c(c1)C(=O)N(C1CCCCC1)C2=O)c1ccc2c(c1)CCCC2. The van der Waals surface area contributed by atoms with Gasteiger partial charge in [-0.25, -0.2) is 4.79 Å². The molecule has 5 rings (SSSR count). The van der Waals surface area contributed by atoms with Crippen molar-refractivity contribution in [2.75, 3.05) is 5.32 Å². The van der Waals surface area contributed by atoms with Crippen LogP contribution in [0.4, 0.5) is 10.5 Å². The number of nitrogens with one attached hydrogen (secondary N) is 2. The maximum absolute atomic E-state index is 13.0. The van der Waals surface area contributed by atoms with Crippen molar-refractivity contribution in [2.24, 2.45) is 0 Å². The van der Waals surface area contributed by atoms with Gasteiger partial charge in [0.25, 0.3) is 11.8 Å². The molecule has 0 spiro atoms. The van der Waals surface area contributed by atoms with Crippen molar-refractivity contribution in [3.63, 3.8) is 0 Å². The minimum Gasteiger partial charge on any atom is -0.331 e. The monoisotopic (exact) mass is 459 g/mol. The summed E-state index contributed by atoms with van der Waals surface area (Å²) in [4.78, 5) is 40.2. The Morgan fingerprint density at radius 1 is 0.912 bits per heavy atom. The molecular formula is C28H33N3O3. The summed E-state index contributed by atoms with van der Waals surface area (Å²) in [6, 6.07) is 11.1. The van der Waals surface area contributed by atoms with Gasteiger partial charge in [-0.2, -0.15) is 0 Å². The maximum Gasteiger partial charge on any atom is 0.319 e. The fourth-order valence-corrected chi connectivity index (χ4v) is 5.72. The van der Waals surface area contributed by atoms with Crippen LogP contribution in [0.1, 0.15) is 102 Å². The molecule has 2 aromatic carbocycles. The van der Waals surface area contributed by atoms with Crippen LogP contribution < -0.4 is 10.6 Å². The summed E-state index contributed by atoms with van der Waals surface area (Å²) in [5, 5.41) is 5.94. The van der Waals surface area contributed by atoms with E-state index >= 15 is 0 Å². The van der Waals surface area contributed by atoms with Crippen molar-refractivity contribution in [3.8, 4) is 0 Å². The standard InChI is InChI=1S/C28H33N3O3/c1-2-25(20-13-12-18-8-6-7-9-19(18)16-20)30-28(34)29-21-14-15-23-24(17-21)27(33)31(26(23)32)22-10-4-3-5-11-22/h12-17,22,25H,2-11H2,1H3,(H2,29,30,34). The maximum atomic E-state index is 13.0. The van der Waals surface area contributed by atoms with Crippen molar-refractivity contribution in [3.05, 3.63) is 64.2 Å². The van der Waals surface area contributed by atoms with Crippen LogP contribution in [-0.4, -0.2) is 28.8 Å². The number of urea groups is 1. The number of nitrogens with zero attached hydrogens (tertiary/aromatic N) is 1. The second kappa shape index (κ2) is 9.61. The second-order valence-electron chi connectivity index (χ2n) is 9.83. The van der Waals surface area contributed by atoms with Crippen molar-refractivity contribution in [1.29, 1.82) is 0 Å². The lowest BCUT2D eigenvalue weighted by Crippen LogP contribution is -2.40. The number of fused-ring (bicyclic) bond motifs is 2. The van der Waals surface area contributed by atoms with Crippen molar-refractivity contribution in [1.82, 2.24) is 10.2 Å². The van der Waals surface area contributed by atoms with Crippen LogP contribution in [0.15, 0.2) is 36.4 Å². The molecule has 3 aliphatic rings. The predicted octanol–water partition coefficient (Wildman–Crippen LogP) is 5.77. The normalized spacial score (nSPS) is 18.9. The molecule has 34 heavy (non-hydrogen) atoms. The molecule has 0 radical (unpaired) electrons. The van der Waals surface area contributed by atoms with E-state index < -0.39 is 0 Å². The summed E-state index contributed by atoms with van der Waals surface area (Å²) in [5.41, 5.74) is 5.28. The Labute approximate surface area is 201 Å². The number of aryl methyl sites for hydroxylation is 2. The molecule has 4 amide bonds. The molecule has 1 saturated carbocycles. The Bertz CT molecular complexity index is 1120. The number of imide groups is 1. The van der Waals surface area contributed by atoms with Gasteiger partial charge in [-0.1, -0.05) is 44.4 Å². The van der Waals surface area contributed by atoms with E-state index in [0.29, 0.717) is 16.8 Å². The number of anilines is 1. The van der Waals surface area contributed by atoms with Gasteiger partial charge < -0.3 is 10.6 Å². The molecular weight excluding hydrogens is 426 g/mol. The molecule has 0 bridgehead atoms. The van der Waals surface area contributed by atoms with Gasteiger partial charge in [-0.05, 0) is 79.8 Å². The first-order valence-corrected chi connectivity index (χ1v) is 12.8. The number of amides is 4. The van der Waals surface area contributed by atoms with Gasteiger partial charge in [0, 0.05) is 11.7 Å². The summed E-state index contributed by atoms with van der Waals surface area (Å²) < 4.78 is 0. The first kappa shape index (κ1) is 22.6. The van der Waals surface area contributed by atoms with Crippen LogP contribution in [0.2, 0.25) is 0 Å². The van der Waals surface area contributed by atoms with E-state index in [0.717, 1.165) is 56.9 Å². The van der Waals surface area contributed by atoms with Crippen LogP contribution >= 0.6 is 0 Å². The second-order valence-corrected chi connectivity index (χ2v) is 9.83. The van der Waals surface area contributed by atoms with E-state index in [1.165, 1.54) is 28.9 Å². The van der Waals surface area contributed by atoms with Gasteiger partial charge in [0.05, 0.1) is 17.2 Å². The number of carbonyl (C=O) groups excluding carboxylic acids is 3. The van der Waals surface area contributed by atoms with Crippen LogP contribution in [0, 0.1) is 0 Å². The molecule has 1 aliphatic heterocycles. The Balaban J connectivity index is 1.27. The topological polar surface area (TPSA) is 78.5 Å². The van der Waals surface area contributed by atoms with E-state index in [-0.39, 0.29) is 29.9 Å². The minimum absolute atomic E-state index is 0.0113. The largest absolute Gasteiger partial charge is 0.331 e. The average molecular weight is 460 g/mol. The van der Waals surface area contributed by atoms with Gasteiger partial charge in [0.2, 0.25) is 0 Å². The fourth-order valence-electron chi connectivity index (χ4n) is 5.72. The lowest BCUT2D eigenvalue weighted by Gasteiger charge is -2.29. The Kier molecular flexibility index (Phi) is 6.40. The summed E-state index contributed by atoms with van der Waals surface area (Å²) in [6.45, 7) is 2.06. The number of benzene rings is 2. The van der Waals surface area contributed by atoms with Crippen molar-refractivity contribution >= 4 is 23.5 Å². The number of hydrogen-bond acceptors (Lipinski definition) is 3. The summed E-state index contributed by atoms with van der Waals surface area (Å²) in [6.07, 6.45) is 10.5. The van der Waals surface area contributed by atoms with Crippen LogP contribution in [-0.2, 0) is 12.8 Å². The van der Waals surface area contributed by atoms with Gasteiger partial charge in [0.15, 0.2) is 0 Å². The number of hydrogen-bond donors (Lipinski definition) is 2. The van der Waals surface area contributed by atoms with E-state index in [2.05, 4.69) is 35.8 Å². The molecule has 1 fully saturated rings. The molecule has 6 heteroatoms. The Morgan fingerprint density at radius 3 is 2.41 bits per heavy atom. The smallest absolute Gasteiger partial charge is 0.319 e. The molecule has 2 aromatic rings. The Morgan fingerprint density at radius 2 is 1.65 bits per heavy atom. The third-order valence-corrected chi connectivity index (χ3v) is 7.60. The van der Waals surface area contributed by atoms with E-state index in [1.807, 2.05) is 0 Å². The summed E-state index contributed by atoms with van der Waals surface area (Å²) in [7, 11) is 0. The predicted molar refractivity (Wildman–Crippen MR) is 132 cm³/mol. The summed E-state index contributed by atoms with van der Waals surface area (Å²) in [5.74, 6) is -0.446. The zero-order valence-electron chi connectivity index (χ0n) is 19.9. The van der Waals surface area contributed by atoms with E-state index in [4.69, 9.17) is 0 Å². The third-order valence-electron chi connectivity index (χ3n) is 7.60. The molecule has 1 atom stereocenters. The molecule has 1 heterocycles. The van der Waals surface area contributed by atoms with Crippen LogP contribution in [0.3, 0.4) is 0 Å². The average Bonchev–Trinajstić information content (AvgIpc) is 3.12. The summed E-state index contributed by atoms with van der Waals surface area (Å²) >= 11 is 0. The van der Waals surface area contributed by atoms with Gasteiger partial charge in [-0.3, -0.25) is 14.5 Å². The highest BCUT2D eigenvalue weighted by Gasteiger charge is 2.40. The molecule has 0 saturated heterocycles.